The Morgan fingerprint density at radius 2 is 1.53 bits per heavy atom. The summed E-state index contributed by atoms with van der Waals surface area (Å²) in [4.78, 5) is 4.51. The van der Waals surface area contributed by atoms with E-state index < -0.39 is 0 Å². The van der Waals surface area contributed by atoms with Crippen molar-refractivity contribution in [3.05, 3.63) is 109 Å². The standard InChI is InChI=1S/C30H17N3O/c31-18-20-8-6-12-25(32-20)19-7-5-9-21(17-19)33-26-13-3-1-10-22(26)23-15-16-28-29(30(23)33)24-11-2-4-14-27(24)34-28/h1-17H. The van der Waals surface area contributed by atoms with Crippen LogP contribution in [-0.4, -0.2) is 9.55 Å². The molecule has 158 valence electrons. The molecule has 4 heteroatoms. The highest BCUT2D eigenvalue weighted by Crippen LogP contribution is 2.40. The second-order valence-corrected chi connectivity index (χ2v) is 8.36. The molecule has 3 heterocycles. The first kappa shape index (κ1) is 18.7. The summed E-state index contributed by atoms with van der Waals surface area (Å²) >= 11 is 0. The topological polar surface area (TPSA) is 54.8 Å². The lowest BCUT2D eigenvalue weighted by atomic mass is 10.1. The van der Waals surface area contributed by atoms with Crippen molar-refractivity contribution in [1.29, 1.82) is 5.26 Å². The first-order valence-electron chi connectivity index (χ1n) is 11.1. The summed E-state index contributed by atoms with van der Waals surface area (Å²) < 4.78 is 8.52. The van der Waals surface area contributed by atoms with Gasteiger partial charge in [-0.25, -0.2) is 4.98 Å². The van der Waals surface area contributed by atoms with Crippen LogP contribution in [0.1, 0.15) is 5.69 Å². The highest BCUT2D eigenvalue weighted by atomic mass is 16.3. The molecule has 3 aromatic heterocycles. The molecule has 0 unspecified atom stereocenters. The highest BCUT2D eigenvalue weighted by Gasteiger charge is 2.19. The zero-order valence-corrected chi connectivity index (χ0v) is 18.1. The fourth-order valence-electron chi connectivity index (χ4n) is 5.00. The molecule has 0 aliphatic heterocycles. The van der Waals surface area contributed by atoms with Crippen LogP contribution in [0.4, 0.5) is 0 Å². The lowest BCUT2D eigenvalue weighted by Gasteiger charge is -2.11. The van der Waals surface area contributed by atoms with Crippen LogP contribution in [0, 0.1) is 11.3 Å². The number of hydrogen-bond acceptors (Lipinski definition) is 3. The number of pyridine rings is 1. The first-order chi connectivity index (χ1) is 16.8. The Labute approximate surface area is 194 Å². The number of rotatable bonds is 2. The van der Waals surface area contributed by atoms with E-state index >= 15 is 0 Å². The SMILES string of the molecule is N#Cc1cccc(-c2cccc(-n3c4ccccc4c4ccc5oc6ccccc6c5c43)c2)n1. The van der Waals surface area contributed by atoms with Crippen LogP contribution in [0.2, 0.25) is 0 Å². The van der Waals surface area contributed by atoms with Gasteiger partial charge < -0.3 is 8.98 Å². The number of aromatic nitrogens is 2. The Balaban J connectivity index is 1.61. The zero-order chi connectivity index (χ0) is 22.6. The molecule has 0 saturated carbocycles. The lowest BCUT2D eigenvalue weighted by Crippen LogP contribution is -1.95. The van der Waals surface area contributed by atoms with Gasteiger partial charge in [-0.15, -0.1) is 0 Å². The molecule has 0 aliphatic carbocycles. The lowest BCUT2D eigenvalue weighted by molar-refractivity contribution is 0.669. The van der Waals surface area contributed by atoms with E-state index in [1.54, 1.807) is 6.07 Å². The maximum atomic E-state index is 9.29. The van der Waals surface area contributed by atoms with Crippen molar-refractivity contribution in [2.45, 2.75) is 0 Å². The molecule has 0 bridgehead atoms. The summed E-state index contributed by atoms with van der Waals surface area (Å²) in [6.45, 7) is 0. The minimum absolute atomic E-state index is 0.409. The molecular weight excluding hydrogens is 418 g/mol. The maximum absolute atomic E-state index is 9.29. The van der Waals surface area contributed by atoms with Gasteiger partial charge in [0.05, 0.1) is 22.1 Å². The van der Waals surface area contributed by atoms with Crippen molar-refractivity contribution in [2.75, 3.05) is 0 Å². The summed E-state index contributed by atoms with van der Waals surface area (Å²) in [6, 6.07) is 36.9. The molecule has 0 radical (unpaired) electrons. The number of nitrogens with zero attached hydrogens (tertiary/aromatic N) is 3. The molecule has 34 heavy (non-hydrogen) atoms. The predicted octanol–water partition coefficient (Wildman–Crippen LogP) is 7.62. The van der Waals surface area contributed by atoms with E-state index in [4.69, 9.17) is 4.42 Å². The van der Waals surface area contributed by atoms with Gasteiger partial charge in [0.25, 0.3) is 0 Å². The molecule has 0 atom stereocenters. The van der Waals surface area contributed by atoms with Gasteiger partial charge in [0, 0.05) is 27.4 Å². The van der Waals surface area contributed by atoms with Crippen molar-refractivity contribution in [3.8, 4) is 23.0 Å². The van der Waals surface area contributed by atoms with Crippen molar-refractivity contribution in [3.63, 3.8) is 0 Å². The van der Waals surface area contributed by atoms with Gasteiger partial charge in [-0.1, -0.05) is 54.6 Å². The average molecular weight is 435 g/mol. The van der Waals surface area contributed by atoms with Crippen LogP contribution < -0.4 is 0 Å². The van der Waals surface area contributed by atoms with Crippen LogP contribution in [0.15, 0.2) is 108 Å². The number of benzene rings is 4. The molecule has 0 aliphatic rings. The number of fused-ring (bicyclic) bond motifs is 7. The van der Waals surface area contributed by atoms with Crippen molar-refractivity contribution < 1.29 is 4.42 Å². The van der Waals surface area contributed by atoms with E-state index in [-0.39, 0.29) is 0 Å². The monoisotopic (exact) mass is 435 g/mol. The third-order valence-corrected chi connectivity index (χ3v) is 6.44. The Bertz CT molecular complexity index is 1930. The summed E-state index contributed by atoms with van der Waals surface area (Å²) in [7, 11) is 0. The van der Waals surface area contributed by atoms with Gasteiger partial charge in [-0.3, -0.25) is 0 Å². The fraction of sp³-hybridized carbons (Fsp3) is 0. The molecular formula is C30H17N3O. The number of hydrogen-bond donors (Lipinski definition) is 0. The van der Waals surface area contributed by atoms with Gasteiger partial charge in [0.2, 0.25) is 0 Å². The minimum Gasteiger partial charge on any atom is -0.456 e. The van der Waals surface area contributed by atoms with Crippen LogP contribution in [0.5, 0.6) is 0 Å². The van der Waals surface area contributed by atoms with Crippen molar-refractivity contribution in [1.82, 2.24) is 9.55 Å². The predicted molar refractivity (Wildman–Crippen MR) is 136 cm³/mol. The average Bonchev–Trinajstić information content (AvgIpc) is 3.44. The first-order valence-corrected chi connectivity index (χ1v) is 11.1. The number of nitriles is 1. The summed E-state index contributed by atoms with van der Waals surface area (Å²) in [5.74, 6) is 0. The van der Waals surface area contributed by atoms with Gasteiger partial charge in [-0.05, 0) is 48.5 Å². The molecule has 0 spiro atoms. The van der Waals surface area contributed by atoms with Crippen LogP contribution in [-0.2, 0) is 0 Å². The molecule has 7 rings (SSSR count). The second kappa shape index (κ2) is 7.06. The summed E-state index contributed by atoms with van der Waals surface area (Å²) in [6.07, 6.45) is 0. The molecule has 0 N–H and O–H groups in total. The molecule has 4 nitrogen and oxygen atoms in total. The second-order valence-electron chi connectivity index (χ2n) is 8.36. The van der Waals surface area contributed by atoms with E-state index in [1.807, 2.05) is 36.4 Å². The van der Waals surface area contributed by atoms with E-state index in [2.05, 4.69) is 76.3 Å². The number of para-hydroxylation sites is 2. The quantitative estimate of drug-likeness (QED) is 0.281. The highest BCUT2D eigenvalue weighted by molar-refractivity contribution is 6.24. The summed E-state index contributed by atoms with van der Waals surface area (Å²) in [5.41, 5.74) is 7.19. The van der Waals surface area contributed by atoms with E-state index in [1.165, 1.54) is 10.8 Å². The largest absolute Gasteiger partial charge is 0.456 e. The van der Waals surface area contributed by atoms with Gasteiger partial charge in [0.1, 0.15) is 22.9 Å². The van der Waals surface area contributed by atoms with E-state index in [0.717, 1.165) is 49.9 Å². The Morgan fingerprint density at radius 3 is 2.44 bits per heavy atom. The van der Waals surface area contributed by atoms with Crippen molar-refractivity contribution >= 4 is 43.7 Å². The van der Waals surface area contributed by atoms with Crippen LogP contribution in [0.3, 0.4) is 0 Å². The van der Waals surface area contributed by atoms with Gasteiger partial charge >= 0.3 is 0 Å². The maximum Gasteiger partial charge on any atom is 0.141 e. The molecule has 0 amide bonds. The molecule has 4 aromatic carbocycles. The Hall–Kier alpha value is -4.88. The van der Waals surface area contributed by atoms with E-state index in [9.17, 15) is 5.26 Å². The molecule has 0 fully saturated rings. The zero-order valence-electron chi connectivity index (χ0n) is 18.1. The fourth-order valence-corrected chi connectivity index (χ4v) is 5.00. The summed E-state index contributed by atoms with van der Waals surface area (Å²) in [5, 5.41) is 13.9. The smallest absolute Gasteiger partial charge is 0.141 e. The van der Waals surface area contributed by atoms with Gasteiger partial charge in [0.15, 0.2) is 0 Å². The third-order valence-electron chi connectivity index (χ3n) is 6.44. The van der Waals surface area contributed by atoms with Crippen molar-refractivity contribution in [2.24, 2.45) is 0 Å². The Kier molecular flexibility index (Phi) is 3.88. The van der Waals surface area contributed by atoms with Crippen LogP contribution >= 0.6 is 0 Å². The normalized spacial score (nSPS) is 11.5. The molecule has 7 aromatic rings. The Morgan fingerprint density at radius 1 is 0.706 bits per heavy atom. The third kappa shape index (κ3) is 2.61. The number of furan rings is 1. The van der Waals surface area contributed by atoms with Gasteiger partial charge in [-0.2, -0.15) is 5.26 Å². The minimum atomic E-state index is 0.409. The molecule has 0 saturated heterocycles. The van der Waals surface area contributed by atoms with Crippen LogP contribution in [0.25, 0.3) is 60.7 Å². The van der Waals surface area contributed by atoms with E-state index in [0.29, 0.717) is 5.69 Å².